The molecule has 1 aromatic carbocycles. The van der Waals surface area contributed by atoms with Crippen LogP contribution in [0.15, 0.2) is 30.5 Å². The van der Waals surface area contributed by atoms with E-state index >= 15 is 0 Å². The number of rotatable bonds is 2. The van der Waals surface area contributed by atoms with Crippen molar-refractivity contribution in [3.05, 3.63) is 58.7 Å². The maximum absolute atomic E-state index is 9.10. The van der Waals surface area contributed by atoms with Crippen LogP contribution in [0, 0.1) is 6.92 Å². The molecule has 0 bridgehead atoms. The minimum absolute atomic E-state index is 0.00731. The van der Waals surface area contributed by atoms with Crippen molar-refractivity contribution in [1.82, 2.24) is 9.97 Å². The van der Waals surface area contributed by atoms with E-state index in [0.717, 1.165) is 23.5 Å². The smallest absolute Gasteiger partial charge is 0.136 e. The lowest BCUT2D eigenvalue weighted by Crippen LogP contribution is -2.20. The van der Waals surface area contributed by atoms with Crippen molar-refractivity contribution in [3.8, 4) is 0 Å². The average molecular weight is 226 g/mol. The Balaban J connectivity index is 1.95. The van der Waals surface area contributed by atoms with Crippen LogP contribution in [0.4, 0.5) is 0 Å². The number of hydrogen-bond donors (Lipinski definition) is 1. The van der Waals surface area contributed by atoms with E-state index in [-0.39, 0.29) is 6.61 Å². The maximum atomic E-state index is 9.10. The fraction of sp³-hybridized carbons (Fsp3) is 0.286. The van der Waals surface area contributed by atoms with Gasteiger partial charge in [-0.2, -0.15) is 0 Å². The Morgan fingerprint density at radius 1 is 1.35 bits per heavy atom. The third kappa shape index (κ3) is 1.63. The summed E-state index contributed by atoms with van der Waals surface area (Å²) >= 11 is 0. The zero-order valence-corrected chi connectivity index (χ0v) is 9.72. The molecule has 1 unspecified atom stereocenters. The SMILES string of the molecule is Cc1nc(C2Cc3ccccc32)ncc1CO. The summed E-state index contributed by atoms with van der Waals surface area (Å²) in [6, 6.07) is 8.42. The first kappa shape index (κ1) is 10.4. The number of aliphatic hydroxyl groups is 1. The normalized spacial score (nSPS) is 17.4. The van der Waals surface area contributed by atoms with Gasteiger partial charge in [0.05, 0.1) is 6.61 Å². The van der Waals surface area contributed by atoms with E-state index in [9.17, 15) is 0 Å². The Bertz CT molecular complexity index is 566. The fourth-order valence-corrected chi connectivity index (χ4v) is 2.32. The van der Waals surface area contributed by atoms with Gasteiger partial charge >= 0.3 is 0 Å². The number of hydrogen-bond acceptors (Lipinski definition) is 3. The van der Waals surface area contributed by atoms with Gasteiger partial charge in [-0.1, -0.05) is 24.3 Å². The molecular formula is C14H14N2O. The van der Waals surface area contributed by atoms with Crippen molar-refractivity contribution in [2.24, 2.45) is 0 Å². The largest absolute Gasteiger partial charge is 0.392 e. The van der Waals surface area contributed by atoms with Crippen LogP contribution in [0.25, 0.3) is 0 Å². The van der Waals surface area contributed by atoms with Gasteiger partial charge in [-0.05, 0) is 24.5 Å². The first-order valence-electron chi connectivity index (χ1n) is 5.80. The quantitative estimate of drug-likeness (QED) is 0.851. The van der Waals surface area contributed by atoms with E-state index in [0.29, 0.717) is 5.92 Å². The highest BCUT2D eigenvalue weighted by atomic mass is 16.3. The second-order valence-electron chi connectivity index (χ2n) is 4.45. The summed E-state index contributed by atoms with van der Waals surface area (Å²) in [6.45, 7) is 1.93. The van der Waals surface area contributed by atoms with Crippen LogP contribution in [0.3, 0.4) is 0 Å². The van der Waals surface area contributed by atoms with Crippen molar-refractivity contribution < 1.29 is 5.11 Å². The van der Waals surface area contributed by atoms with E-state index in [1.807, 2.05) is 6.92 Å². The fourth-order valence-electron chi connectivity index (χ4n) is 2.32. The van der Waals surface area contributed by atoms with Gasteiger partial charge in [0.15, 0.2) is 0 Å². The van der Waals surface area contributed by atoms with Gasteiger partial charge in [0.2, 0.25) is 0 Å². The Labute approximate surface area is 100 Å². The van der Waals surface area contributed by atoms with Crippen LogP contribution in [-0.2, 0) is 13.0 Å². The van der Waals surface area contributed by atoms with Gasteiger partial charge in [0, 0.05) is 23.4 Å². The van der Waals surface area contributed by atoms with Crippen LogP contribution < -0.4 is 0 Å². The molecule has 1 heterocycles. The molecule has 0 saturated heterocycles. The van der Waals surface area contributed by atoms with Crippen LogP contribution in [0.1, 0.15) is 34.1 Å². The van der Waals surface area contributed by atoms with Crippen LogP contribution in [0.5, 0.6) is 0 Å². The van der Waals surface area contributed by atoms with E-state index < -0.39 is 0 Å². The van der Waals surface area contributed by atoms with Crippen LogP contribution >= 0.6 is 0 Å². The monoisotopic (exact) mass is 226 g/mol. The molecule has 0 radical (unpaired) electrons. The number of aromatic nitrogens is 2. The van der Waals surface area contributed by atoms with E-state index in [4.69, 9.17) is 5.11 Å². The first-order chi connectivity index (χ1) is 8.29. The first-order valence-corrected chi connectivity index (χ1v) is 5.80. The summed E-state index contributed by atoms with van der Waals surface area (Å²) in [6.07, 6.45) is 2.76. The third-order valence-corrected chi connectivity index (χ3v) is 3.44. The molecule has 0 aliphatic heterocycles. The highest BCUT2D eigenvalue weighted by Crippen LogP contribution is 2.38. The van der Waals surface area contributed by atoms with Gasteiger partial charge in [-0.15, -0.1) is 0 Å². The Hall–Kier alpha value is -1.74. The molecule has 3 nitrogen and oxygen atoms in total. The average Bonchev–Trinajstić information content (AvgIpc) is 2.31. The highest BCUT2D eigenvalue weighted by Gasteiger charge is 2.29. The Kier molecular flexibility index (Phi) is 2.41. The van der Waals surface area contributed by atoms with Gasteiger partial charge in [-0.3, -0.25) is 0 Å². The second-order valence-corrected chi connectivity index (χ2v) is 4.45. The van der Waals surface area contributed by atoms with Crippen LogP contribution in [-0.4, -0.2) is 15.1 Å². The molecule has 3 heteroatoms. The standard InChI is InChI=1S/C14H14N2O/c1-9-11(8-17)7-15-14(16-9)13-6-10-4-2-3-5-12(10)13/h2-5,7,13,17H,6,8H2,1H3. The van der Waals surface area contributed by atoms with Crippen molar-refractivity contribution in [2.45, 2.75) is 25.9 Å². The summed E-state index contributed by atoms with van der Waals surface area (Å²) in [5.41, 5.74) is 4.41. The van der Waals surface area contributed by atoms with Crippen molar-refractivity contribution >= 4 is 0 Å². The molecule has 1 aromatic heterocycles. The van der Waals surface area contributed by atoms with Crippen molar-refractivity contribution in [3.63, 3.8) is 0 Å². The zero-order chi connectivity index (χ0) is 11.8. The van der Waals surface area contributed by atoms with Gasteiger partial charge in [0.25, 0.3) is 0 Å². The molecule has 0 spiro atoms. The number of aliphatic hydroxyl groups excluding tert-OH is 1. The van der Waals surface area contributed by atoms with E-state index in [1.54, 1.807) is 6.20 Å². The lowest BCUT2D eigenvalue weighted by atomic mass is 9.77. The van der Waals surface area contributed by atoms with E-state index in [1.165, 1.54) is 11.1 Å². The molecule has 1 N–H and O–H groups in total. The zero-order valence-electron chi connectivity index (χ0n) is 9.72. The predicted molar refractivity (Wildman–Crippen MR) is 64.7 cm³/mol. The van der Waals surface area contributed by atoms with Crippen molar-refractivity contribution in [2.75, 3.05) is 0 Å². The lowest BCUT2D eigenvalue weighted by Gasteiger charge is -2.28. The Morgan fingerprint density at radius 2 is 2.18 bits per heavy atom. The summed E-state index contributed by atoms with van der Waals surface area (Å²) in [5, 5.41) is 9.10. The molecule has 3 rings (SSSR count). The third-order valence-electron chi connectivity index (χ3n) is 3.44. The molecule has 0 fully saturated rings. The number of aryl methyl sites for hydroxylation is 1. The molecule has 0 amide bonds. The van der Waals surface area contributed by atoms with E-state index in [2.05, 4.69) is 34.2 Å². The summed E-state index contributed by atoms with van der Waals surface area (Å²) in [4.78, 5) is 8.85. The van der Waals surface area contributed by atoms with Gasteiger partial charge in [0.1, 0.15) is 5.82 Å². The summed E-state index contributed by atoms with van der Waals surface area (Å²) in [7, 11) is 0. The molecule has 17 heavy (non-hydrogen) atoms. The summed E-state index contributed by atoms with van der Waals surface area (Å²) in [5.74, 6) is 1.20. The van der Waals surface area contributed by atoms with Gasteiger partial charge < -0.3 is 5.11 Å². The van der Waals surface area contributed by atoms with Crippen molar-refractivity contribution in [1.29, 1.82) is 0 Å². The minimum Gasteiger partial charge on any atom is -0.392 e. The highest BCUT2D eigenvalue weighted by molar-refractivity contribution is 5.44. The number of fused-ring (bicyclic) bond motifs is 1. The molecule has 2 aromatic rings. The molecule has 1 aliphatic carbocycles. The predicted octanol–water partition coefficient (Wildman–Crippen LogP) is 1.97. The minimum atomic E-state index is 0.00731. The summed E-state index contributed by atoms with van der Waals surface area (Å²) < 4.78 is 0. The molecular weight excluding hydrogens is 212 g/mol. The molecule has 86 valence electrons. The number of benzene rings is 1. The molecule has 0 saturated carbocycles. The number of nitrogens with zero attached hydrogens (tertiary/aromatic N) is 2. The lowest BCUT2D eigenvalue weighted by molar-refractivity contribution is 0.279. The molecule has 1 aliphatic rings. The maximum Gasteiger partial charge on any atom is 0.136 e. The second kappa shape index (κ2) is 3.93. The van der Waals surface area contributed by atoms with Crippen LogP contribution in [0.2, 0.25) is 0 Å². The topological polar surface area (TPSA) is 46.0 Å². The Morgan fingerprint density at radius 3 is 2.88 bits per heavy atom. The van der Waals surface area contributed by atoms with Gasteiger partial charge in [-0.25, -0.2) is 9.97 Å². The molecule has 1 atom stereocenters.